The number of hydrogen-bond donors (Lipinski definition) is 2. The van der Waals surface area contributed by atoms with Crippen LogP contribution in [0.15, 0.2) is 60.2 Å². The molecule has 8 heteroatoms. The summed E-state index contributed by atoms with van der Waals surface area (Å²) in [5, 5.41) is 6.30. The molecule has 0 heterocycles. The molecule has 0 aromatic heterocycles. The molecule has 2 rings (SSSR count). The number of rotatable bonds is 9. The lowest BCUT2D eigenvalue weighted by molar-refractivity contribution is -0.136. The zero-order valence-electron chi connectivity index (χ0n) is 16.3. The number of hydrogen-bond acceptors (Lipinski definition) is 6. The minimum absolute atomic E-state index is 0.349. The van der Waals surface area contributed by atoms with Crippen molar-refractivity contribution in [3.63, 3.8) is 0 Å². The first-order valence-corrected chi connectivity index (χ1v) is 8.87. The van der Waals surface area contributed by atoms with Crippen molar-refractivity contribution in [1.29, 1.82) is 0 Å². The number of methoxy groups -OCH3 is 1. The molecule has 2 aromatic carbocycles. The second-order valence-corrected chi connectivity index (χ2v) is 5.59. The summed E-state index contributed by atoms with van der Waals surface area (Å²) in [6.07, 6.45) is 3.02. The van der Waals surface area contributed by atoms with Gasteiger partial charge in [-0.2, -0.15) is 5.10 Å². The molecule has 152 valence electrons. The lowest BCUT2D eigenvalue weighted by Crippen LogP contribution is -2.32. The zero-order valence-corrected chi connectivity index (χ0v) is 16.3. The Balaban J connectivity index is 1.97. The van der Waals surface area contributed by atoms with E-state index in [1.165, 1.54) is 13.3 Å². The Hall–Kier alpha value is -3.81. The number of nitrogens with one attached hydrogen (secondary N) is 2. The van der Waals surface area contributed by atoms with Gasteiger partial charge in [-0.3, -0.25) is 9.59 Å². The molecule has 0 aliphatic carbocycles. The van der Waals surface area contributed by atoms with E-state index < -0.39 is 11.8 Å². The van der Waals surface area contributed by atoms with E-state index in [2.05, 4.69) is 22.4 Å². The van der Waals surface area contributed by atoms with E-state index in [-0.39, 0.29) is 0 Å². The summed E-state index contributed by atoms with van der Waals surface area (Å²) < 4.78 is 16.1. The number of nitrogens with zero attached hydrogens (tertiary/aromatic N) is 1. The van der Waals surface area contributed by atoms with E-state index in [0.29, 0.717) is 41.7 Å². The molecule has 8 nitrogen and oxygen atoms in total. The lowest BCUT2D eigenvalue weighted by Gasteiger charge is -2.10. The van der Waals surface area contributed by atoms with Gasteiger partial charge < -0.3 is 19.5 Å². The molecular formula is C21H23N3O5. The van der Waals surface area contributed by atoms with Crippen molar-refractivity contribution >= 4 is 23.7 Å². The Morgan fingerprint density at radius 1 is 1.07 bits per heavy atom. The summed E-state index contributed by atoms with van der Waals surface area (Å²) in [5.41, 5.74) is 3.23. The van der Waals surface area contributed by atoms with Gasteiger partial charge in [-0.05, 0) is 42.8 Å². The van der Waals surface area contributed by atoms with Crippen molar-refractivity contribution in [2.45, 2.75) is 6.92 Å². The van der Waals surface area contributed by atoms with Crippen LogP contribution >= 0.6 is 0 Å². The molecule has 2 aromatic rings. The maximum absolute atomic E-state index is 12.1. The van der Waals surface area contributed by atoms with Crippen LogP contribution in [0.25, 0.3) is 0 Å². The molecule has 0 aliphatic heterocycles. The Kier molecular flexibility index (Phi) is 8.25. The number of ether oxygens (including phenoxy) is 3. The largest absolute Gasteiger partial charge is 0.493 e. The molecule has 2 amide bonds. The van der Waals surface area contributed by atoms with Gasteiger partial charge >= 0.3 is 11.8 Å². The molecule has 0 saturated heterocycles. The molecule has 0 spiro atoms. The van der Waals surface area contributed by atoms with Gasteiger partial charge in [0.05, 0.1) is 25.6 Å². The third kappa shape index (κ3) is 6.39. The van der Waals surface area contributed by atoms with Crippen molar-refractivity contribution in [1.82, 2.24) is 5.43 Å². The Morgan fingerprint density at radius 3 is 2.59 bits per heavy atom. The smallest absolute Gasteiger partial charge is 0.329 e. The molecule has 0 atom stereocenters. The molecule has 2 N–H and O–H groups in total. The number of anilines is 1. The third-order valence-corrected chi connectivity index (χ3v) is 3.57. The van der Waals surface area contributed by atoms with E-state index >= 15 is 0 Å². The van der Waals surface area contributed by atoms with Crippen LogP contribution in [0.5, 0.6) is 17.2 Å². The second-order valence-electron chi connectivity index (χ2n) is 5.59. The molecule has 0 bridgehead atoms. The average molecular weight is 397 g/mol. The van der Waals surface area contributed by atoms with E-state index in [1.54, 1.807) is 48.5 Å². The predicted octanol–water partition coefficient (Wildman–Crippen LogP) is 2.75. The highest BCUT2D eigenvalue weighted by molar-refractivity contribution is 6.39. The first-order chi connectivity index (χ1) is 14.1. The lowest BCUT2D eigenvalue weighted by atomic mass is 10.2. The molecule has 0 aliphatic rings. The van der Waals surface area contributed by atoms with Crippen molar-refractivity contribution < 1.29 is 23.8 Å². The Labute approximate surface area is 169 Å². The minimum atomic E-state index is -0.912. The zero-order chi connectivity index (χ0) is 21.1. The SMILES string of the molecule is C=CCOc1ccc(/C=N\NC(=O)C(=O)Nc2ccccc2OCC)cc1OC. The van der Waals surface area contributed by atoms with Crippen LogP contribution < -0.4 is 25.0 Å². The minimum Gasteiger partial charge on any atom is -0.493 e. The van der Waals surface area contributed by atoms with Crippen LogP contribution in [0.1, 0.15) is 12.5 Å². The van der Waals surface area contributed by atoms with Crippen molar-refractivity contribution in [2.24, 2.45) is 5.10 Å². The molecule has 0 saturated carbocycles. The molecule has 29 heavy (non-hydrogen) atoms. The topological polar surface area (TPSA) is 98.2 Å². The van der Waals surface area contributed by atoms with E-state index in [4.69, 9.17) is 14.2 Å². The highest BCUT2D eigenvalue weighted by atomic mass is 16.5. The quantitative estimate of drug-likeness (QED) is 0.293. The van der Waals surface area contributed by atoms with Gasteiger partial charge in [0.15, 0.2) is 11.5 Å². The molecular weight excluding hydrogens is 374 g/mol. The second kappa shape index (κ2) is 11.1. The summed E-state index contributed by atoms with van der Waals surface area (Å²) in [5.74, 6) is -0.232. The maximum Gasteiger partial charge on any atom is 0.329 e. The van der Waals surface area contributed by atoms with Gasteiger partial charge in [-0.15, -0.1) is 0 Å². The van der Waals surface area contributed by atoms with Crippen LogP contribution in [-0.4, -0.2) is 38.4 Å². The number of hydrazone groups is 1. The van der Waals surface area contributed by atoms with Gasteiger partial charge in [-0.1, -0.05) is 24.8 Å². The summed E-state index contributed by atoms with van der Waals surface area (Å²) >= 11 is 0. The number of amides is 2. The van der Waals surface area contributed by atoms with Crippen LogP contribution in [-0.2, 0) is 9.59 Å². The monoisotopic (exact) mass is 397 g/mol. The average Bonchev–Trinajstić information content (AvgIpc) is 2.74. The van der Waals surface area contributed by atoms with Crippen LogP contribution in [0.3, 0.4) is 0 Å². The van der Waals surface area contributed by atoms with Gasteiger partial charge in [0, 0.05) is 0 Å². The molecule has 0 radical (unpaired) electrons. The van der Waals surface area contributed by atoms with Crippen LogP contribution in [0.4, 0.5) is 5.69 Å². The maximum atomic E-state index is 12.1. The first kappa shape index (κ1) is 21.5. The molecule has 0 unspecified atom stereocenters. The Bertz CT molecular complexity index is 896. The first-order valence-electron chi connectivity index (χ1n) is 8.87. The standard InChI is InChI=1S/C21H23N3O5/c1-4-12-29-18-11-10-15(13-19(18)27-3)14-22-24-21(26)20(25)23-16-8-6-7-9-17(16)28-5-2/h4,6-11,13-14H,1,5,12H2,2-3H3,(H,23,25)(H,24,26)/b22-14-. The van der Waals surface area contributed by atoms with E-state index in [9.17, 15) is 9.59 Å². The Morgan fingerprint density at radius 2 is 1.86 bits per heavy atom. The third-order valence-electron chi connectivity index (χ3n) is 3.57. The summed E-state index contributed by atoms with van der Waals surface area (Å²) in [7, 11) is 1.52. The highest BCUT2D eigenvalue weighted by Crippen LogP contribution is 2.27. The van der Waals surface area contributed by atoms with Crippen molar-refractivity contribution in [2.75, 3.05) is 25.6 Å². The number of carbonyl (C=O) groups excluding carboxylic acids is 2. The summed E-state index contributed by atoms with van der Waals surface area (Å²) in [6.45, 7) is 6.20. The van der Waals surface area contributed by atoms with Crippen LogP contribution in [0.2, 0.25) is 0 Å². The summed E-state index contributed by atoms with van der Waals surface area (Å²) in [6, 6.07) is 12.0. The normalized spacial score (nSPS) is 10.3. The fourth-order valence-corrected chi connectivity index (χ4v) is 2.28. The number of para-hydroxylation sites is 2. The number of benzene rings is 2. The number of carbonyl (C=O) groups is 2. The van der Waals surface area contributed by atoms with Gasteiger partial charge in [-0.25, -0.2) is 5.43 Å². The van der Waals surface area contributed by atoms with Crippen molar-refractivity contribution in [3.8, 4) is 17.2 Å². The highest BCUT2D eigenvalue weighted by Gasteiger charge is 2.15. The summed E-state index contributed by atoms with van der Waals surface area (Å²) in [4.78, 5) is 24.0. The van der Waals surface area contributed by atoms with Gasteiger partial charge in [0.1, 0.15) is 12.4 Å². The van der Waals surface area contributed by atoms with Gasteiger partial charge in [0.25, 0.3) is 0 Å². The van der Waals surface area contributed by atoms with Gasteiger partial charge in [0.2, 0.25) is 0 Å². The van der Waals surface area contributed by atoms with Crippen LogP contribution in [0, 0.1) is 0 Å². The fourth-order valence-electron chi connectivity index (χ4n) is 2.28. The molecule has 0 fully saturated rings. The van der Waals surface area contributed by atoms with E-state index in [0.717, 1.165) is 0 Å². The fraction of sp³-hybridized carbons (Fsp3) is 0.190. The van der Waals surface area contributed by atoms with E-state index in [1.807, 2.05) is 6.92 Å². The predicted molar refractivity (Wildman–Crippen MR) is 111 cm³/mol. The van der Waals surface area contributed by atoms with Crippen molar-refractivity contribution in [3.05, 3.63) is 60.7 Å².